The molecule has 1 aromatic carbocycles. The largest absolute Gasteiger partial charge is 0.322 e. The van der Waals surface area contributed by atoms with Crippen LogP contribution >= 0.6 is 0 Å². The van der Waals surface area contributed by atoms with Gasteiger partial charge >= 0.3 is 6.03 Å². The van der Waals surface area contributed by atoms with Crippen LogP contribution in [0.5, 0.6) is 0 Å². The lowest BCUT2D eigenvalue weighted by molar-refractivity contribution is 0.220. The van der Waals surface area contributed by atoms with Crippen LogP contribution in [-0.4, -0.2) is 43.7 Å². The molecule has 1 fully saturated rings. The van der Waals surface area contributed by atoms with E-state index in [4.69, 9.17) is 0 Å². The third-order valence-electron chi connectivity index (χ3n) is 4.05. The first-order valence-electron chi connectivity index (χ1n) is 8.09. The molecule has 26 heavy (non-hydrogen) atoms. The topological polar surface area (TPSA) is 82.6 Å². The van der Waals surface area contributed by atoms with E-state index in [1.165, 1.54) is 21.3 Å². The number of urea groups is 1. The molecule has 1 N–H and O–H groups in total. The summed E-state index contributed by atoms with van der Waals surface area (Å²) in [6, 6.07) is 8.73. The van der Waals surface area contributed by atoms with Crippen molar-refractivity contribution < 1.29 is 17.6 Å². The molecular weight excluding hydrogens is 359 g/mol. The molecule has 0 aliphatic carbocycles. The lowest BCUT2D eigenvalue weighted by atomic mass is 10.2. The number of sulfonamides is 1. The Morgan fingerprint density at radius 2 is 2.15 bits per heavy atom. The van der Waals surface area contributed by atoms with Gasteiger partial charge in [-0.1, -0.05) is 6.07 Å². The van der Waals surface area contributed by atoms with Gasteiger partial charge in [-0.2, -0.15) is 0 Å². The molecule has 0 atom stereocenters. The third-order valence-corrected chi connectivity index (χ3v) is 5.92. The fraction of sp³-hybridized carbons (Fsp3) is 0.294. The van der Waals surface area contributed by atoms with Crippen molar-refractivity contribution in [1.82, 2.24) is 9.88 Å². The number of amides is 2. The Balaban J connectivity index is 1.74. The smallest absolute Gasteiger partial charge is 0.322 e. The molecule has 3 rings (SSSR count). The Labute approximate surface area is 151 Å². The van der Waals surface area contributed by atoms with Crippen LogP contribution in [0, 0.1) is 5.82 Å². The molecule has 1 aromatic heterocycles. The van der Waals surface area contributed by atoms with Crippen LogP contribution < -0.4 is 9.62 Å². The molecule has 1 aliphatic heterocycles. The number of aromatic nitrogens is 1. The normalized spacial score (nSPS) is 15.7. The highest BCUT2D eigenvalue weighted by atomic mass is 32.2. The van der Waals surface area contributed by atoms with Gasteiger partial charge in [0.05, 0.1) is 29.4 Å². The van der Waals surface area contributed by atoms with Crippen LogP contribution in [0.4, 0.5) is 20.6 Å². The van der Waals surface area contributed by atoms with E-state index in [0.29, 0.717) is 24.3 Å². The quantitative estimate of drug-likeness (QED) is 0.886. The zero-order valence-electron chi connectivity index (χ0n) is 14.2. The Hall–Kier alpha value is -2.68. The second-order valence-electron chi connectivity index (χ2n) is 6.01. The minimum absolute atomic E-state index is 0.0672. The summed E-state index contributed by atoms with van der Waals surface area (Å²) in [7, 11) is -1.81. The Morgan fingerprint density at radius 3 is 2.81 bits per heavy atom. The first-order chi connectivity index (χ1) is 12.4. The fourth-order valence-electron chi connectivity index (χ4n) is 2.71. The van der Waals surface area contributed by atoms with Crippen LogP contribution in [0.25, 0.3) is 0 Å². The number of nitrogens with one attached hydrogen (secondary N) is 1. The van der Waals surface area contributed by atoms with E-state index in [1.807, 2.05) is 6.07 Å². The van der Waals surface area contributed by atoms with Gasteiger partial charge in [0, 0.05) is 19.8 Å². The monoisotopic (exact) mass is 378 g/mol. The summed E-state index contributed by atoms with van der Waals surface area (Å²) in [5.41, 5.74) is 0.969. The summed E-state index contributed by atoms with van der Waals surface area (Å²) < 4.78 is 39.4. The first kappa shape index (κ1) is 18.1. The Morgan fingerprint density at radius 1 is 1.35 bits per heavy atom. The number of halogens is 1. The number of benzene rings is 1. The molecule has 0 saturated carbocycles. The predicted octanol–water partition coefficient (Wildman–Crippen LogP) is 2.42. The number of nitrogens with zero attached hydrogens (tertiary/aromatic N) is 3. The van der Waals surface area contributed by atoms with Gasteiger partial charge in [-0.3, -0.25) is 9.29 Å². The van der Waals surface area contributed by atoms with Crippen LogP contribution in [0.15, 0.2) is 42.6 Å². The summed E-state index contributed by atoms with van der Waals surface area (Å²) in [6.07, 6.45) is 2.15. The van der Waals surface area contributed by atoms with Gasteiger partial charge in [0.1, 0.15) is 5.82 Å². The second-order valence-corrected chi connectivity index (χ2v) is 8.03. The number of pyridine rings is 1. The maximum Gasteiger partial charge on any atom is 0.322 e. The van der Waals surface area contributed by atoms with Crippen molar-refractivity contribution in [1.29, 1.82) is 0 Å². The summed E-state index contributed by atoms with van der Waals surface area (Å²) >= 11 is 0. The number of hydrogen-bond donors (Lipinski definition) is 1. The summed E-state index contributed by atoms with van der Waals surface area (Å²) in [5, 5.41) is 2.48. The van der Waals surface area contributed by atoms with E-state index in [2.05, 4.69) is 10.3 Å². The van der Waals surface area contributed by atoms with E-state index in [1.54, 1.807) is 25.4 Å². The third kappa shape index (κ3) is 3.93. The molecule has 0 spiro atoms. The van der Waals surface area contributed by atoms with E-state index >= 15 is 0 Å². The molecule has 7 nitrogen and oxygen atoms in total. The van der Waals surface area contributed by atoms with E-state index in [-0.39, 0.29) is 18.0 Å². The van der Waals surface area contributed by atoms with Gasteiger partial charge < -0.3 is 10.2 Å². The van der Waals surface area contributed by atoms with Crippen molar-refractivity contribution in [2.45, 2.75) is 13.0 Å². The molecule has 9 heteroatoms. The summed E-state index contributed by atoms with van der Waals surface area (Å²) in [4.78, 5) is 17.8. The fourth-order valence-corrected chi connectivity index (χ4v) is 4.27. The molecule has 1 saturated heterocycles. The Kier molecular flexibility index (Phi) is 5.08. The highest BCUT2D eigenvalue weighted by Crippen LogP contribution is 2.28. The SMILES string of the molecule is CN(Cc1ccccn1)C(=O)Nc1cc(N2CCCS2(=O)=O)ccc1F. The van der Waals surface area contributed by atoms with Crippen LogP contribution in [0.3, 0.4) is 0 Å². The number of anilines is 2. The van der Waals surface area contributed by atoms with E-state index < -0.39 is 21.9 Å². The summed E-state index contributed by atoms with van der Waals surface area (Å²) in [5.74, 6) is -0.566. The standard InChI is InChI=1S/C17H19FN4O3S/c1-21(12-13-5-2-3-8-19-13)17(23)20-16-11-14(6-7-15(16)18)22-9-4-10-26(22,24)25/h2-3,5-8,11H,4,9-10,12H2,1H3,(H,20,23). The van der Waals surface area contributed by atoms with Crippen molar-refractivity contribution in [2.24, 2.45) is 0 Å². The maximum atomic E-state index is 14.1. The summed E-state index contributed by atoms with van der Waals surface area (Å²) in [6.45, 7) is 0.607. The molecule has 0 radical (unpaired) electrons. The van der Waals surface area contributed by atoms with Gasteiger partial charge in [-0.15, -0.1) is 0 Å². The van der Waals surface area contributed by atoms with Crippen molar-refractivity contribution >= 4 is 27.4 Å². The lowest BCUT2D eigenvalue weighted by Crippen LogP contribution is -2.31. The highest BCUT2D eigenvalue weighted by molar-refractivity contribution is 7.93. The molecule has 138 valence electrons. The van der Waals surface area contributed by atoms with Crippen LogP contribution in [-0.2, 0) is 16.6 Å². The maximum absolute atomic E-state index is 14.1. The molecule has 2 amide bonds. The zero-order chi connectivity index (χ0) is 18.7. The number of hydrogen-bond acceptors (Lipinski definition) is 4. The van der Waals surface area contributed by atoms with Gasteiger partial charge in [-0.25, -0.2) is 17.6 Å². The van der Waals surface area contributed by atoms with Gasteiger partial charge in [-0.05, 0) is 36.8 Å². The molecular formula is C17H19FN4O3S. The Bertz CT molecular complexity index is 905. The van der Waals surface area contributed by atoms with E-state index in [9.17, 15) is 17.6 Å². The second kappa shape index (κ2) is 7.28. The molecule has 2 heterocycles. The molecule has 1 aliphatic rings. The number of rotatable bonds is 4. The van der Waals surface area contributed by atoms with Gasteiger partial charge in [0.25, 0.3) is 0 Å². The molecule has 0 unspecified atom stereocenters. The predicted molar refractivity (Wildman–Crippen MR) is 96.9 cm³/mol. The highest BCUT2D eigenvalue weighted by Gasteiger charge is 2.29. The van der Waals surface area contributed by atoms with Crippen molar-refractivity contribution in [3.63, 3.8) is 0 Å². The van der Waals surface area contributed by atoms with Gasteiger partial charge in [0.15, 0.2) is 0 Å². The van der Waals surface area contributed by atoms with Gasteiger partial charge in [0.2, 0.25) is 10.0 Å². The van der Waals surface area contributed by atoms with Crippen LogP contribution in [0.1, 0.15) is 12.1 Å². The van der Waals surface area contributed by atoms with Crippen molar-refractivity contribution in [3.05, 3.63) is 54.1 Å². The minimum atomic E-state index is -3.38. The van der Waals surface area contributed by atoms with E-state index in [0.717, 1.165) is 6.07 Å². The molecule has 0 bridgehead atoms. The number of carbonyl (C=O) groups excluding carboxylic acids is 1. The van der Waals surface area contributed by atoms with Crippen LogP contribution in [0.2, 0.25) is 0 Å². The first-order valence-corrected chi connectivity index (χ1v) is 9.70. The van der Waals surface area contributed by atoms with Crippen molar-refractivity contribution in [3.8, 4) is 0 Å². The average Bonchev–Trinajstić information content (AvgIpc) is 2.97. The zero-order valence-corrected chi connectivity index (χ0v) is 15.0. The molecule has 2 aromatic rings. The lowest BCUT2D eigenvalue weighted by Gasteiger charge is -2.20. The average molecular weight is 378 g/mol. The minimum Gasteiger partial charge on any atom is -0.322 e. The van der Waals surface area contributed by atoms with Crippen molar-refractivity contribution in [2.75, 3.05) is 29.0 Å². The number of carbonyl (C=O) groups is 1.